The molecule has 7 nitrogen and oxygen atoms in total. The first-order valence-corrected chi connectivity index (χ1v) is 12.6. The molecule has 0 saturated carbocycles. The van der Waals surface area contributed by atoms with Gasteiger partial charge in [-0.3, -0.25) is 9.78 Å². The zero-order valence-electron chi connectivity index (χ0n) is 19.7. The number of pyridine rings is 1. The molecule has 4 aromatic rings. The molecule has 1 aliphatic heterocycles. The van der Waals surface area contributed by atoms with Crippen LogP contribution in [0.25, 0.3) is 11.3 Å². The highest BCUT2D eigenvalue weighted by Crippen LogP contribution is 2.44. The summed E-state index contributed by atoms with van der Waals surface area (Å²) < 4.78 is 11.2. The Kier molecular flexibility index (Phi) is 7.43. The molecule has 0 aliphatic carbocycles. The first-order valence-electron chi connectivity index (χ1n) is 11.4. The van der Waals surface area contributed by atoms with E-state index in [1.807, 2.05) is 71.6 Å². The number of carbonyl (C=O) groups is 1. The van der Waals surface area contributed by atoms with Gasteiger partial charge in [0, 0.05) is 30.2 Å². The molecular weight excluding hydrogens is 531 g/mol. The Hall–Kier alpha value is -3.43. The average Bonchev–Trinajstić information content (AvgIpc) is 3.51. The van der Waals surface area contributed by atoms with Crippen LogP contribution >= 0.6 is 35.4 Å². The topological polar surface area (TPSA) is 79.6 Å². The van der Waals surface area contributed by atoms with E-state index in [1.165, 1.54) is 7.11 Å². The summed E-state index contributed by atoms with van der Waals surface area (Å²) in [7, 11) is 1.47. The van der Waals surface area contributed by atoms with Gasteiger partial charge in [0.1, 0.15) is 24.2 Å². The lowest BCUT2D eigenvalue weighted by molar-refractivity contribution is -0.119. The Bertz CT molecular complexity index is 1430. The fourth-order valence-corrected chi connectivity index (χ4v) is 5.05. The number of methoxy groups -OCH3 is 1. The Morgan fingerprint density at radius 1 is 1.11 bits per heavy atom. The maximum Gasteiger partial charge on any atom is 0.250 e. The molecule has 10 heteroatoms. The maximum atomic E-state index is 11.9. The lowest BCUT2D eigenvalue weighted by Gasteiger charge is -2.26. The van der Waals surface area contributed by atoms with E-state index in [-0.39, 0.29) is 24.6 Å². The predicted octanol–water partition coefficient (Wildman–Crippen LogP) is 6.41. The molecule has 1 aliphatic rings. The molecule has 188 valence electrons. The van der Waals surface area contributed by atoms with Crippen molar-refractivity contribution in [2.75, 3.05) is 23.9 Å². The van der Waals surface area contributed by atoms with Crippen molar-refractivity contribution in [3.8, 4) is 11.3 Å². The van der Waals surface area contributed by atoms with Crippen molar-refractivity contribution in [3.63, 3.8) is 0 Å². The number of thiocarbonyl (C=S) groups is 1. The number of rotatable bonds is 7. The summed E-state index contributed by atoms with van der Waals surface area (Å²) in [6, 6.07) is 21.7. The van der Waals surface area contributed by atoms with E-state index in [9.17, 15) is 4.79 Å². The third kappa shape index (κ3) is 5.19. The first kappa shape index (κ1) is 25.2. The van der Waals surface area contributed by atoms with E-state index in [4.69, 9.17) is 44.6 Å². The molecule has 2 N–H and O–H groups in total. The number of anilines is 2. The SMILES string of the molecule is COCC(=O)Nc1ccc(N2C(=S)NC(c3ccccn3)C2c2ccc(-c3cccc(Cl)c3Cl)o2)cc1. The van der Waals surface area contributed by atoms with Crippen LogP contribution in [0.5, 0.6) is 0 Å². The van der Waals surface area contributed by atoms with Crippen LogP contribution in [0.3, 0.4) is 0 Å². The Balaban J connectivity index is 1.52. The van der Waals surface area contributed by atoms with Gasteiger partial charge in [0.25, 0.3) is 0 Å². The minimum Gasteiger partial charge on any atom is -0.459 e. The van der Waals surface area contributed by atoms with Crippen LogP contribution in [0.4, 0.5) is 11.4 Å². The summed E-state index contributed by atoms with van der Waals surface area (Å²) in [5, 5.41) is 7.60. The van der Waals surface area contributed by atoms with Gasteiger partial charge in [-0.15, -0.1) is 0 Å². The number of hydrogen-bond donors (Lipinski definition) is 2. The molecule has 1 saturated heterocycles. The number of furan rings is 1. The van der Waals surface area contributed by atoms with Crippen LogP contribution in [-0.2, 0) is 9.53 Å². The van der Waals surface area contributed by atoms with Gasteiger partial charge in [0.05, 0.1) is 21.8 Å². The Labute approximate surface area is 229 Å². The molecule has 2 unspecified atom stereocenters. The highest BCUT2D eigenvalue weighted by Gasteiger charge is 2.42. The van der Waals surface area contributed by atoms with Gasteiger partial charge in [-0.05, 0) is 72.9 Å². The van der Waals surface area contributed by atoms with E-state index in [1.54, 1.807) is 12.3 Å². The van der Waals surface area contributed by atoms with Crippen LogP contribution in [0.2, 0.25) is 10.0 Å². The molecular formula is C27H22Cl2N4O3S. The number of ether oxygens (including phenoxy) is 1. The summed E-state index contributed by atoms with van der Waals surface area (Å²) in [4.78, 5) is 18.4. The zero-order valence-corrected chi connectivity index (χ0v) is 22.0. The number of aromatic nitrogens is 1. The smallest absolute Gasteiger partial charge is 0.250 e. The van der Waals surface area contributed by atoms with Crippen LogP contribution in [-0.4, -0.2) is 29.7 Å². The molecule has 37 heavy (non-hydrogen) atoms. The van der Waals surface area contributed by atoms with Crippen LogP contribution in [0, 0.1) is 0 Å². The molecule has 5 rings (SSSR count). The molecule has 0 bridgehead atoms. The monoisotopic (exact) mass is 552 g/mol. The van der Waals surface area contributed by atoms with Gasteiger partial charge >= 0.3 is 0 Å². The van der Waals surface area contributed by atoms with Gasteiger partial charge in [0.2, 0.25) is 5.91 Å². The van der Waals surface area contributed by atoms with Crippen molar-refractivity contribution in [1.82, 2.24) is 10.3 Å². The summed E-state index contributed by atoms with van der Waals surface area (Å²) >= 11 is 18.5. The van der Waals surface area contributed by atoms with Crippen molar-refractivity contribution in [2.24, 2.45) is 0 Å². The van der Waals surface area contributed by atoms with Crippen molar-refractivity contribution < 1.29 is 13.9 Å². The minimum absolute atomic E-state index is 0.0207. The number of halogens is 2. The summed E-state index contributed by atoms with van der Waals surface area (Å²) in [5.41, 5.74) is 2.99. The fourth-order valence-electron chi connectivity index (χ4n) is 4.31. The second kappa shape index (κ2) is 10.9. The zero-order chi connectivity index (χ0) is 25.9. The van der Waals surface area contributed by atoms with Crippen molar-refractivity contribution in [3.05, 3.63) is 100 Å². The third-order valence-corrected chi connectivity index (χ3v) is 7.07. The largest absolute Gasteiger partial charge is 0.459 e. The molecule has 2 atom stereocenters. The van der Waals surface area contributed by atoms with Crippen LogP contribution < -0.4 is 15.5 Å². The lowest BCUT2D eigenvalue weighted by atomic mass is 10.0. The van der Waals surface area contributed by atoms with E-state index >= 15 is 0 Å². The molecule has 3 heterocycles. The number of benzene rings is 2. The molecule has 0 spiro atoms. The summed E-state index contributed by atoms with van der Waals surface area (Å²) in [6.07, 6.45) is 1.75. The van der Waals surface area contributed by atoms with E-state index in [0.29, 0.717) is 37.9 Å². The van der Waals surface area contributed by atoms with Gasteiger partial charge in [-0.2, -0.15) is 0 Å². The number of hydrogen-bond acceptors (Lipinski definition) is 5. The second-order valence-electron chi connectivity index (χ2n) is 8.33. The van der Waals surface area contributed by atoms with E-state index < -0.39 is 0 Å². The highest BCUT2D eigenvalue weighted by atomic mass is 35.5. The normalized spacial score (nSPS) is 17.1. The molecule has 1 fully saturated rings. The van der Waals surface area contributed by atoms with Gasteiger partial charge in [0.15, 0.2) is 5.11 Å². The van der Waals surface area contributed by atoms with Gasteiger partial charge < -0.3 is 24.7 Å². The van der Waals surface area contributed by atoms with Crippen molar-refractivity contribution >= 4 is 57.8 Å². The van der Waals surface area contributed by atoms with E-state index in [0.717, 1.165) is 11.4 Å². The lowest BCUT2D eigenvalue weighted by Crippen LogP contribution is -2.29. The summed E-state index contributed by atoms with van der Waals surface area (Å²) in [6.45, 7) is -0.0207. The molecule has 2 aromatic heterocycles. The predicted molar refractivity (Wildman–Crippen MR) is 149 cm³/mol. The molecule has 0 radical (unpaired) electrons. The number of nitrogens with one attached hydrogen (secondary N) is 2. The molecule has 1 amide bonds. The van der Waals surface area contributed by atoms with Crippen molar-refractivity contribution in [2.45, 2.75) is 12.1 Å². The van der Waals surface area contributed by atoms with Gasteiger partial charge in [-0.1, -0.05) is 35.3 Å². The maximum absolute atomic E-state index is 11.9. The first-order chi connectivity index (χ1) is 18.0. The molecule has 2 aromatic carbocycles. The highest BCUT2D eigenvalue weighted by molar-refractivity contribution is 7.80. The summed E-state index contributed by atoms with van der Waals surface area (Å²) in [5.74, 6) is 1.03. The number of nitrogens with zero attached hydrogens (tertiary/aromatic N) is 2. The second-order valence-corrected chi connectivity index (χ2v) is 9.50. The van der Waals surface area contributed by atoms with Gasteiger partial charge in [-0.25, -0.2) is 0 Å². The number of amides is 1. The minimum atomic E-state index is -0.344. The van der Waals surface area contributed by atoms with Crippen LogP contribution in [0.15, 0.2) is 83.4 Å². The van der Waals surface area contributed by atoms with E-state index in [2.05, 4.69) is 15.6 Å². The fraction of sp³-hybridized carbons (Fsp3) is 0.148. The quantitative estimate of drug-likeness (QED) is 0.256. The standard InChI is InChI=1S/C27H22Cl2N4O3S/c1-35-15-23(34)31-16-8-10-17(11-9-16)33-26(25(32-27(33)37)20-7-2-3-14-30-20)22-13-12-21(36-22)18-5-4-6-19(28)24(18)29/h2-14,25-26H,15H2,1H3,(H,31,34)(H,32,37). The average molecular weight is 553 g/mol. The van der Waals surface area contributed by atoms with Crippen LogP contribution in [0.1, 0.15) is 23.5 Å². The Morgan fingerprint density at radius 2 is 1.92 bits per heavy atom. The third-order valence-electron chi connectivity index (χ3n) is 5.94. The van der Waals surface area contributed by atoms with Crippen molar-refractivity contribution in [1.29, 1.82) is 0 Å². The Morgan fingerprint density at radius 3 is 2.65 bits per heavy atom. The number of carbonyl (C=O) groups excluding carboxylic acids is 1.